The Bertz CT molecular complexity index is 707. The van der Waals surface area contributed by atoms with Crippen LogP contribution in [-0.4, -0.2) is 47.5 Å². The Kier molecular flexibility index (Phi) is 7.24. The normalized spacial score (nSPS) is 14.9. The average molecular weight is 371 g/mol. The first-order chi connectivity index (χ1) is 13.2. The van der Waals surface area contributed by atoms with Crippen LogP contribution < -0.4 is 10.6 Å². The molecule has 0 bridgehead atoms. The predicted octanol–water partition coefficient (Wildman–Crippen LogP) is 2.84. The third-order valence-electron chi connectivity index (χ3n) is 4.75. The minimum absolute atomic E-state index is 0.237. The lowest BCUT2D eigenvalue weighted by molar-refractivity contribution is 0.183. The molecule has 7 nitrogen and oxygen atoms in total. The summed E-state index contributed by atoms with van der Waals surface area (Å²) in [5.41, 5.74) is 3.08. The summed E-state index contributed by atoms with van der Waals surface area (Å²) in [5.74, 6) is 0. The van der Waals surface area contributed by atoms with Gasteiger partial charge in [0.15, 0.2) is 0 Å². The van der Waals surface area contributed by atoms with Crippen LogP contribution in [0.5, 0.6) is 0 Å². The molecule has 1 fully saturated rings. The highest BCUT2D eigenvalue weighted by Crippen LogP contribution is 2.13. The number of carbonyl (C=O) groups excluding carboxylic acids is 1. The minimum Gasteiger partial charge on any atom is -0.383 e. The van der Waals surface area contributed by atoms with E-state index in [0.717, 1.165) is 12.1 Å². The van der Waals surface area contributed by atoms with Gasteiger partial charge in [-0.15, -0.1) is 0 Å². The smallest absolute Gasteiger partial charge is 0.319 e. The number of benzene rings is 1. The lowest BCUT2D eigenvalue weighted by Gasteiger charge is -2.26. The maximum Gasteiger partial charge on any atom is 0.319 e. The van der Waals surface area contributed by atoms with Crippen molar-refractivity contribution in [2.24, 2.45) is 0 Å². The van der Waals surface area contributed by atoms with E-state index in [0.29, 0.717) is 25.4 Å². The number of amides is 2. The van der Waals surface area contributed by atoms with Crippen LogP contribution >= 0.6 is 0 Å². The number of hydrogen-bond donors (Lipinski definition) is 2. The lowest BCUT2D eigenvalue weighted by Crippen LogP contribution is -2.29. The fourth-order valence-corrected chi connectivity index (χ4v) is 3.23. The van der Waals surface area contributed by atoms with Gasteiger partial charge < -0.3 is 15.4 Å². The molecule has 27 heavy (non-hydrogen) atoms. The second-order valence-electron chi connectivity index (χ2n) is 6.95. The number of hydrogen-bond acceptors (Lipinski definition) is 4. The fraction of sp³-hybridized carbons (Fsp3) is 0.500. The molecule has 0 spiro atoms. The van der Waals surface area contributed by atoms with Crippen molar-refractivity contribution in [3.63, 3.8) is 0 Å². The number of ether oxygens (including phenoxy) is 1. The van der Waals surface area contributed by atoms with Gasteiger partial charge in [0.05, 0.1) is 25.0 Å². The molecule has 2 aromatic rings. The van der Waals surface area contributed by atoms with E-state index in [1.165, 1.54) is 37.9 Å². The summed E-state index contributed by atoms with van der Waals surface area (Å²) in [6.07, 6.45) is 7.39. The third kappa shape index (κ3) is 6.37. The van der Waals surface area contributed by atoms with Crippen LogP contribution in [-0.2, 0) is 24.4 Å². The number of methoxy groups -OCH3 is 1. The van der Waals surface area contributed by atoms with E-state index in [1.807, 2.05) is 0 Å². The molecule has 2 heterocycles. The molecule has 0 saturated carbocycles. The van der Waals surface area contributed by atoms with Crippen LogP contribution in [0.4, 0.5) is 10.5 Å². The first kappa shape index (κ1) is 19.4. The third-order valence-corrected chi connectivity index (χ3v) is 4.75. The number of likely N-dealkylation sites (tertiary alicyclic amines) is 1. The topological polar surface area (TPSA) is 71.4 Å². The van der Waals surface area contributed by atoms with Gasteiger partial charge in [-0.1, -0.05) is 30.7 Å². The van der Waals surface area contributed by atoms with Crippen molar-refractivity contribution >= 4 is 11.7 Å². The van der Waals surface area contributed by atoms with Gasteiger partial charge in [0, 0.05) is 26.4 Å². The Balaban J connectivity index is 1.41. The second-order valence-corrected chi connectivity index (χ2v) is 6.95. The highest BCUT2D eigenvalue weighted by atomic mass is 16.5. The first-order valence-corrected chi connectivity index (χ1v) is 9.59. The van der Waals surface area contributed by atoms with Crippen molar-refractivity contribution in [3.05, 3.63) is 47.8 Å². The maximum atomic E-state index is 12.0. The second kappa shape index (κ2) is 10.1. The van der Waals surface area contributed by atoms with Gasteiger partial charge >= 0.3 is 6.03 Å². The fourth-order valence-electron chi connectivity index (χ4n) is 3.23. The van der Waals surface area contributed by atoms with Crippen molar-refractivity contribution in [3.8, 4) is 0 Å². The molecule has 2 amide bonds. The van der Waals surface area contributed by atoms with Crippen molar-refractivity contribution in [2.75, 3.05) is 32.1 Å². The Labute approximate surface area is 160 Å². The zero-order valence-corrected chi connectivity index (χ0v) is 16.0. The largest absolute Gasteiger partial charge is 0.383 e. The van der Waals surface area contributed by atoms with E-state index >= 15 is 0 Å². The summed E-state index contributed by atoms with van der Waals surface area (Å²) in [5, 5.41) is 9.85. The predicted molar refractivity (Wildman–Crippen MR) is 106 cm³/mol. The molecule has 0 aliphatic carbocycles. The van der Waals surface area contributed by atoms with Crippen LogP contribution in [0.25, 0.3) is 0 Å². The van der Waals surface area contributed by atoms with Gasteiger partial charge in [0.1, 0.15) is 0 Å². The zero-order chi connectivity index (χ0) is 18.9. The van der Waals surface area contributed by atoms with Gasteiger partial charge in [-0.2, -0.15) is 5.10 Å². The highest BCUT2D eigenvalue weighted by Gasteiger charge is 2.10. The average Bonchev–Trinajstić information content (AvgIpc) is 3.14. The van der Waals surface area contributed by atoms with Crippen LogP contribution in [0.3, 0.4) is 0 Å². The molecule has 2 N–H and O–H groups in total. The minimum atomic E-state index is -0.237. The summed E-state index contributed by atoms with van der Waals surface area (Å²) < 4.78 is 6.75. The summed E-state index contributed by atoms with van der Waals surface area (Å²) in [6.45, 7) is 5.15. The van der Waals surface area contributed by atoms with E-state index in [2.05, 4.69) is 44.9 Å². The van der Waals surface area contributed by atoms with E-state index in [9.17, 15) is 4.79 Å². The van der Waals surface area contributed by atoms with Crippen LogP contribution in [0.2, 0.25) is 0 Å². The summed E-state index contributed by atoms with van der Waals surface area (Å²) in [6, 6.07) is 8.25. The lowest BCUT2D eigenvalue weighted by atomic mass is 10.1. The monoisotopic (exact) mass is 371 g/mol. The number of piperidine rings is 1. The number of nitrogens with one attached hydrogen (secondary N) is 2. The van der Waals surface area contributed by atoms with Gasteiger partial charge in [-0.3, -0.25) is 9.58 Å². The van der Waals surface area contributed by atoms with Gasteiger partial charge in [-0.25, -0.2) is 4.79 Å². The number of aromatic nitrogens is 2. The van der Waals surface area contributed by atoms with E-state index < -0.39 is 0 Å². The highest BCUT2D eigenvalue weighted by molar-refractivity contribution is 5.88. The van der Waals surface area contributed by atoms with Crippen molar-refractivity contribution in [1.29, 1.82) is 0 Å². The van der Waals surface area contributed by atoms with Crippen LogP contribution in [0, 0.1) is 0 Å². The van der Waals surface area contributed by atoms with Crippen molar-refractivity contribution in [2.45, 2.75) is 38.9 Å². The molecule has 146 valence electrons. The molecule has 0 atom stereocenters. The first-order valence-electron chi connectivity index (χ1n) is 9.59. The summed E-state index contributed by atoms with van der Waals surface area (Å²) in [7, 11) is 1.65. The molecule has 1 saturated heterocycles. The van der Waals surface area contributed by atoms with Gasteiger partial charge in [-0.05, 0) is 37.1 Å². The molecule has 1 aromatic heterocycles. The molecule has 3 rings (SSSR count). The zero-order valence-electron chi connectivity index (χ0n) is 16.0. The number of nitrogens with zero attached hydrogens (tertiary/aromatic N) is 3. The number of rotatable bonds is 8. The number of anilines is 1. The number of urea groups is 1. The quantitative estimate of drug-likeness (QED) is 0.749. The van der Waals surface area contributed by atoms with E-state index in [1.54, 1.807) is 24.2 Å². The Morgan fingerprint density at radius 2 is 1.89 bits per heavy atom. The number of carbonyl (C=O) groups is 1. The summed E-state index contributed by atoms with van der Waals surface area (Å²) >= 11 is 0. The Hall–Kier alpha value is -2.38. The van der Waals surface area contributed by atoms with E-state index in [-0.39, 0.29) is 6.03 Å². The molecular formula is C20H29N5O2. The molecule has 0 unspecified atom stereocenters. The molecule has 7 heteroatoms. The molecule has 1 aliphatic heterocycles. The molecule has 0 radical (unpaired) electrons. The SMILES string of the molecule is COCCn1cc(NC(=O)NCc2ccc(CN3CCCCC3)cc2)cn1. The Morgan fingerprint density at radius 1 is 1.15 bits per heavy atom. The van der Waals surface area contributed by atoms with Gasteiger partial charge in [0.2, 0.25) is 0 Å². The molecular weight excluding hydrogens is 342 g/mol. The van der Waals surface area contributed by atoms with Gasteiger partial charge in [0.25, 0.3) is 0 Å². The van der Waals surface area contributed by atoms with Crippen LogP contribution in [0.15, 0.2) is 36.7 Å². The molecule has 1 aliphatic rings. The standard InChI is InChI=1S/C20H29N5O2/c1-27-12-11-25-16-19(14-22-25)23-20(26)21-13-17-5-7-18(8-6-17)15-24-9-3-2-4-10-24/h5-8,14,16H,2-4,9-13,15H2,1H3,(H2,21,23,26). The maximum absolute atomic E-state index is 12.0. The van der Waals surface area contributed by atoms with Crippen molar-refractivity contribution in [1.82, 2.24) is 20.0 Å². The van der Waals surface area contributed by atoms with E-state index in [4.69, 9.17) is 4.74 Å². The van der Waals surface area contributed by atoms with Crippen LogP contribution in [0.1, 0.15) is 30.4 Å². The Morgan fingerprint density at radius 3 is 2.63 bits per heavy atom. The van der Waals surface area contributed by atoms with Crippen molar-refractivity contribution < 1.29 is 9.53 Å². The molecule has 1 aromatic carbocycles. The summed E-state index contributed by atoms with van der Waals surface area (Å²) in [4.78, 5) is 14.6.